The lowest BCUT2D eigenvalue weighted by Crippen LogP contribution is -2.53. The van der Waals surface area contributed by atoms with Crippen LogP contribution in [0.4, 0.5) is 10.1 Å². The highest BCUT2D eigenvalue weighted by atomic mass is 32.2. The van der Waals surface area contributed by atoms with Crippen molar-refractivity contribution in [2.75, 3.05) is 24.2 Å². The van der Waals surface area contributed by atoms with Crippen LogP contribution in [-0.2, 0) is 32.6 Å². The Kier molecular flexibility index (Phi) is 8.82. The topological polar surface area (TPSA) is 86.8 Å². The standard InChI is InChI=1S/C27H30FN3O4S/c1-20-9-7-8-12-22(20)18-30(25(27(33)29-2)17-21-10-5-4-6-11-21)26(32)19-31(36(3,34)35)24-15-13-23(28)14-16-24/h4-16,25H,17-19H2,1-3H3,(H,29,33)/t25-/m1/s1. The van der Waals surface area contributed by atoms with Gasteiger partial charge in [-0.15, -0.1) is 0 Å². The molecule has 0 aliphatic carbocycles. The number of carbonyl (C=O) groups is 2. The molecule has 1 N–H and O–H groups in total. The minimum absolute atomic E-state index is 0.109. The zero-order chi connectivity index (χ0) is 26.3. The van der Waals surface area contributed by atoms with Crippen LogP contribution in [0.1, 0.15) is 16.7 Å². The quantitative estimate of drug-likeness (QED) is 0.453. The van der Waals surface area contributed by atoms with Gasteiger partial charge in [0.15, 0.2) is 0 Å². The molecular formula is C27H30FN3O4S. The number of sulfonamides is 1. The number of amides is 2. The van der Waals surface area contributed by atoms with Crippen molar-refractivity contribution in [1.82, 2.24) is 10.2 Å². The molecule has 3 aromatic rings. The van der Waals surface area contributed by atoms with E-state index in [9.17, 15) is 22.4 Å². The van der Waals surface area contributed by atoms with Crippen molar-refractivity contribution in [1.29, 1.82) is 0 Å². The normalized spacial score (nSPS) is 12.0. The summed E-state index contributed by atoms with van der Waals surface area (Å²) in [5.41, 5.74) is 2.78. The summed E-state index contributed by atoms with van der Waals surface area (Å²) in [5, 5.41) is 2.64. The van der Waals surface area contributed by atoms with Gasteiger partial charge in [0.2, 0.25) is 21.8 Å². The van der Waals surface area contributed by atoms with Crippen LogP contribution in [0.15, 0.2) is 78.9 Å². The van der Waals surface area contributed by atoms with Gasteiger partial charge in [-0.25, -0.2) is 12.8 Å². The SMILES string of the molecule is CNC(=O)[C@@H](Cc1ccccc1)N(Cc1ccccc1C)C(=O)CN(c1ccc(F)cc1)S(C)(=O)=O. The maximum atomic E-state index is 13.8. The van der Waals surface area contributed by atoms with Crippen LogP contribution >= 0.6 is 0 Å². The van der Waals surface area contributed by atoms with Crippen LogP contribution in [-0.4, -0.2) is 51.0 Å². The second kappa shape index (κ2) is 11.8. The highest BCUT2D eigenvalue weighted by molar-refractivity contribution is 7.92. The van der Waals surface area contributed by atoms with E-state index in [4.69, 9.17) is 0 Å². The molecule has 3 aromatic carbocycles. The van der Waals surface area contributed by atoms with Gasteiger partial charge < -0.3 is 10.2 Å². The monoisotopic (exact) mass is 511 g/mol. The van der Waals surface area contributed by atoms with Crippen LogP contribution in [0.3, 0.4) is 0 Å². The molecule has 0 spiro atoms. The summed E-state index contributed by atoms with van der Waals surface area (Å²) >= 11 is 0. The molecule has 36 heavy (non-hydrogen) atoms. The van der Waals surface area contributed by atoms with E-state index in [2.05, 4.69) is 5.32 Å². The van der Waals surface area contributed by atoms with Crippen LogP contribution in [0.25, 0.3) is 0 Å². The van der Waals surface area contributed by atoms with E-state index < -0.39 is 34.3 Å². The molecular weight excluding hydrogens is 481 g/mol. The first-order valence-electron chi connectivity index (χ1n) is 11.4. The molecule has 0 unspecified atom stereocenters. The summed E-state index contributed by atoms with van der Waals surface area (Å²) in [6.07, 6.45) is 1.23. The molecule has 7 nitrogen and oxygen atoms in total. The van der Waals surface area contributed by atoms with Crippen molar-refractivity contribution in [3.63, 3.8) is 0 Å². The third-order valence-corrected chi connectivity index (χ3v) is 7.05. The van der Waals surface area contributed by atoms with Gasteiger partial charge >= 0.3 is 0 Å². The number of carbonyl (C=O) groups excluding carboxylic acids is 2. The number of nitrogens with zero attached hydrogens (tertiary/aromatic N) is 2. The number of benzene rings is 3. The fraction of sp³-hybridized carbons (Fsp3) is 0.259. The Hall–Kier alpha value is -3.72. The molecule has 0 heterocycles. The molecule has 0 bridgehead atoms. The van der Waals surface area contributed by atoms with Gasteiger partial charge in [0, 0.05) is 20.0 Å². The van der Waals surface area contributed by atoms with Gasteiger partial charge in [0.05, 0.1) is 11.9 Å². The molecule has 190 valence electrons. The van der Waals surface area contributed by atoms with E-state index in [1.54, 1.807) is 0 Å². The molecule has 0 aliphatic rings. The van der Waals surface area contributed by atoms with Gasteiger partial charge in [-0.1, -0.05) is 54.6 Å². The third kappa shape index (κ3) is 6.91. The Morgan fingerprint density at radius 2 is 1.56 bits per heavy atom. The average molecular weight is 512 g/mol. The number of hydrogen-bond donors (Lipinski definition) is 1. The van der Waals surface area contributed by atoms with E-state index in [0.29, 0.717) is 0 Å². The lowest BCUT2D eigenvalue weighted by atomic mass is 10.0. The number of rotatable bonds is 10. The molecule has 0 aliphatic heterocycles. The molecule has 0 fully saturated rings. The van der Waals surface area contributed by atoms with E-state index in [-0.39, 0.29) is 24.6 Å². The Morgan fingerprint density at radius 3 is 2.14 bits per heavy atom. The molecule has 1 atom stereocenters. The molecule has 3 rings (SSSR count). The van der Waals surface area contributed by atoms with Gasteiger partial charge in [0.25, 0.3) is 0 Å². The van der Waals surface area contributed by atoms with Crippen LogP contribution in [0, 0.1) is 12.7 Å². The van der Waals surface area contributed by atoms with Crippen molar-refractivity contribution in [3.05, 3.63) is 101 Å². The fourth-order valence-corrected chi connectivity index (χ4v) is 4.76. The van der Waals surface area contributed by atoms with E-state index in [1.165, 1.54) is 24.1 Å². The summed E-state index contributed by atoms with van der Waals surface area (Å²) < 4.78 is 39.6. The van der Waals surface area contributed by atoms with Gasteiger partial charge in [-0.3, -0.25) is 13.9 Å². The second-order valence-corrected chi connectivity index (χ2v) is 10.4. The predicted molar refractivity (Wildman–Crippen MR) is 138 cm³/mol. The molecule has 2 amide bonds. The Labute approximate surface area is 211 Å². The maximum Gasteiger partial charge on any atom is 0.244 e. The molecule has 9 heteroatoms. The first-order valence-corrected chi connectivity index (χ1v) is 13.3. The molecule has 0 radical (unpaired) electrons. The largest absolute Gasteiger partial charge is 0.357 e. The number of hydrogen-bond acceptors (Lipinski definition) is 4. The van der Waals surface area contributed by atoms with E-state index in [0.717, 1.165) is 39.4 Å². The predicted octanol–water partition coefficient (Wildman–Crippen LogP) is 3.29. The summed E-state index contributed by atoms with van der Waals surface area (Å²) in [6.45, 7) is 1.47. The maximum absolute atomic E-state index is 13.8. The first-order chi connectivity index (χ1) is 17.1. The molecule has 0 saturated carbocycles. The first kappa shape index (κ1) is 26.9. The van der Waals surface area contributed by atoms with Crippen LogP contribution in [0.5, 0.6) is 0 Å². The van der Waals surface area contributed by atoms with Crippen molar-refractivity contribution >= 4 is 27.5 Å². The minimum Gasteiger partial charge on any atom is -0.357 e. The summed E-state index contributed by atoms with van der Waals surface area (Å²) in [5.74, 6) is -1.45. The van der Waals surface area contributed by atoms with Crippen molar-refractivity contribution < 1.29 is 22.4 Å². The average Bonchev–Trinajstić information content (AvgIpc) is 2.85. The second-order valence-electron chi connectivity index (χ2n) is 8.51. The van der Waals surface area contributed by atoms with Crippen molar-refractivity contribution in [2.24, 2.45) is 0 Å². The zero-order valence-corrected chi connectivity index (χ0v) is 21.3. The Morgan fingerprint density at radius 1 is 0.944 bits per heavy atom. The lowest BCUT2D eigenvalue weighted by Gasteiger charge is -2.33. The van der Waals surface area contributed by atoms with Crippen molar-refractivity contribution in [3.8, 4) is 0 Å². The number of halogens is 1. The molecule has 0 aromatic heterocycles. The summed E-state index contributed by atoms with van der Waals surface area (Å²) in [7, 11) is -2.39. The Bertz CT molecular complexity index is 1300. The van der Waals surface area contributed by atoms with E-state index >= 15 is 0 Å². The summed E-state index contributed by atoms with van der Waals surface area (Å²) in [4.78, 5) is 28.2. The number of nitrogens with one attached hydrogen (secondary N) is 1. The fourth-order valence-electron chi connectivity index (χ4n) is 3.91. The van der Waals surface area contributed by atoms with Crippen LogP contribution in [0.2, 0.25) is 0 Å². The number of aryl methyl sites for hydroxylation is 1. The minimum atomic E-state index is -3.89. The third-order valence-electron chi connectivity index (χ3n) is 5.91. The number of likely N-dealkylation sites (N-methyl/N-ethyl adjacent to an activating group) is 1. The van der Waals surface area contributed by atoms with Gasteiger partial charge in [-0.2, -0.15) is 0 Å². The number of anilines is 1. The van der Waals surface area contributed by atoms with E-state index in [1.807, 2.05) is 61.5 Å². The van der Waals surface area contributed by atoms with Crippen LogP contribution < -0.4 is 9.62 Å². The highest BCUT2D eigenvalue weighted by Gasteiger charge is 2.32. The highest BCUT2D eigenvalue weighted by Crippen LogP contribution is 2.21. The zero-order valence-electron chi connectivity index (χ0n) is 20.5. The van der Waals surface area contributed by atoms with Gasteiger partial charge in [0.1, 0.15) is 18.4 Å². The Balaban J connectivity index is 2.03. The lowest BCUT2D eigenvalue weighted by molar-refractivity contribution is -0.139. The smallest absolute Gasteiger partial charge is 0.244 e. The summed E-state index contributed by atoms with van der Waals surface area (Å²) in [6, 6.07) is 20.8. The van der Waals surface area contributed by atoms with Crippen molar-refractivity contribution in [2.45, 2.75) is 25.9 Å². The van der Waals surface area contributed by atoms with Gasteiger partial charge in [-0.05, 0) is 47.9 Å². The molecule has 0 saturated heterocycles.